The average Bonchev–Trinajstić information content (AvgIpc) is 3.49. The molecular formula is C16H22N8O10. The molecule has 3 rings (SSSR count). The smallest absolute Gasteiger partial charge is 0.321 e. The van der Waals surface area contributed by atoms with Crippen LogP contribution in [0.3, 0.4) is 0 Å². The van der Waals surface area contributed by atoms with Gasteiger partial charge in [0.15, 0.2) is 0 Å². The van der Waals surface area contributed by atoms with Gasteiger partial charge in [-0.2, -0.15) is 0 Å². The minimum Gasteiger partial charge on any atom is -0.569 e. The number of hydrazine groups is 2. The standard InChI is InChI=1S/C16H22N8O10/c25-9-11-3-1-5-19(11)23(31)17-33-15-8-16(14(22(29)30)7-13(15)21(27)28)34-18-24(32)20-6-2-4-12(20)10-26/h7-8,11-12,25-26H,1-6,9-10H2/b23-17-,24-18-/t11-,12-/m0/s1. The van der Waals surface area contributed by atoms with Gasteiger partial charge in [0.05, 0.1) is 46.1 Å². The fourth-order valence-electron chi connectivity index (χ4n) is 3.68. The molecule has 0 aliphatic carbocycles. The first kappa shape index (κ1) is 24.6. The van der Waals surface area contributed by atoms with E-state index in [2.05, 4.69) is 10.6 Å². The van der Waals surface area contributed by atoms with Gasteiger partial charge in [-0.15, -0.1) is 10.0 Å². The van der Waals surface area contributed by atoms with Crippen molar-refractivity contribution in [3.05, 3.63) is 42.8 Å². The second-order valence-electron chi connectivity index (χ2n) is 7.44. The second-order valence-corrected chi connectivity index (χ2v) is 7.44. The van der Waals surface area contributed by atoms with E-state index >= 15 is 0 Å². The predicted molar refractivity (Wildman–Crippen MR) is 107 cm³/mol. The summed E-state index contributed by atoms with van der Waals surface area (Å²) in [5.74, 6) is -1.37. The van der Waals surface area contributed by atoms with Crippen molar-refractivity contribution < 1.29 is 39.7 Å². The normalized spacial score (nSPS) is 21.1. The lowest BCUT2D eigenvalue weighted by molar-refractivity contribution is -0.711. The SMILES string of the molecule is O=[N+]([O-])c1cc([N+](=O)[O-])c(O/N=[N+](\[O-])N2CCC[C@H]2CO)cc1O/N=[N+](\[O-])N1CCC[C@H]1CO. The number of nitro benzene ring substituents is 2. The van der Waals surface area contributed by atoms with Gasteiger partial charge in [-0.1, -0.05) is 0 Å². The Kier molecular flexibility index (Phi) is 7.74. The van der Waals surface area contributed by atoms with Crippen LogP contribution in [0.25, 0.3) is 0 Å². The van der Waals surface area contributed by atoms with Crippen molar-refractivity contribution in [2.24, 2.45) is 10.6 Å². The van der Waals surface area contributed by atoms with E-state index in [9.17, 15) is 40.9 Å². The molecule has 0 saturated carbocycles. The Balaban J connectivity index is 1.89. The van der Waals surface area contributed by atoms with Gasteiger partial charge < -0.3 is 20.6 Å². The highest BCUT2D eigenvalue weighted by molar-refractivity contribution is 5.61. The Labute approximate surface area is 190 Å². The molecule has 34 heavy (non-hydrogen) atoms. The summed E-state index contributed by atoms with van der Waals surface area (Å²) in [6, 6.07) is 0.196. The van der Waals surface area contributed by atoms with Gasteiger partial charge in [-0.25, -0.2) is 0 Å². The maximum Gasteiger partial charge on any atom is 0.321 e. The highest BCUT2D eigenvalue weighted by atomic mass is 16.7. The molecule has 0 aromatic heterocycles. The van der Waals surface area contributed by atoms with Gasteiger partial charge >= 0.3 is 11.4 Å². The number of aliphatic hydroxyl groups is 2. The lowest BCUT2D eigenvalue weighted by Crippen LogP contribution is -2.37. The Morgan fingerprint density at radius 3 is 1.59 bits per heavy atom. The third kappa shape index (κ3) is 5.29. The summed E-state index contributed by atoms with van der Waals surface area (Å²) in [4.78, 5) is 30.6. The first-order chi connectivity index (χ1) is 16.3. The lowest BCUT2D eigenvalue weighted by atomic mass is 10.2. The number of aliphatic hydroxyl groups excluding tert-OH is 2. The van der Waals surface area contributed by atoms with Gasteiger partial charge in [0, 0.05) is 6.07 Å². The zero-order chi connectivity index (χ0) is 24.8. The van der Waals surface area contributed by atoms with E-state index in [1.165, 1.54) is 0 Å². The van der Waals surface area contributed by atoms with Crippen molar-refractivity contribution in [3.8, 4) is 11.5 Å². The van der Waals surface area contributed by atoms with E-state index in [4.69, 9.17) is 9.68 Å². The first-order valence-corrected chi connectivity index (χ1v) is 10.2. The molecule has 186 valence electrons. The van der Waals surface area contributed by atoms with E-state index in [0.29, 0.717) is 37.8 Å². The van der Waals surface area contributed by atoms with Crippen LogP contribution in [-0.4, -0.2) is 78.4 Å². The van der Waals surface area contributed by atoms with E-state index in [1.807, 2.05) is 0 Å². The molecule has 2 N–H and O–H groups in total. The molecule has 0 unspecified atom stereocenters. The maximum absolute atomic E-state index is 12.2. The molecular weight excluding hydrogens is 464 g/mol. The Morgan fingerprint density at radius 1 is 0.824 bits per heavy atom. The molecule has 2 aliphatic heterocycles. The fourth-order valence-corrected chi connectivity index (χ4v) is 3.68. The molecule has 2 atom stereocenters. The molecule has 2 aliphatic rings. The van der Waals surface area contributed by atoms with E-state index in [1.54, 1.807) is 0 Å². The fraction of sp³-hybridized carbons (Fsp3) is 0.625. The minimum atomic E-state index is -0.990. The van der Waals surface area contributed by atoms with Crippen molar-refractivity contribution in [3.63, 3.8) is 0 Å². The van der Waals surface area contributed by atoms with Crippen molar-refractivity contribution in [1.29, 1.82) is 0 Å². The van der Waals surface area contributed by atoms with Crippen molar-refractivity contribution in [1.82, 2.24) is 10.0 Å². The maximum atomic E-state index is 12.2. The van der Waals surface area contributed by atoms with Crippen LogP contribution in [0, 0.1) is 30.6 Å². The van der Waals surface area contributed by atoms with E-state index in [-0.39, 0.29) is 36.2 Å². The van der Waals surface area contributed by atoms with Gasteiger partial charge in [0.2, 0.25) is 22.1 Å². The number of nitrogens with zero attached hydrogens (tertiary/aromatic N) is 8. The Morgan fingerprint density at radius 2 is 1.24 bits per heavy atom. The van der Waals surface area contributed by atoms with Crippen LogP contribution in [0.1, 0.15) is 25.7 Å². The van der Waals surface area contributed by atoms with Crippen molar-refractivity contribution in [2.75, 3.05) is 26.3 Å². The van der Waals surface area contributed by atoms with Gasteiger partial charge in [-0.3, -0.25) is 29.9 Å². The minimum absolute atomic E-state index is 0.0196. The summed E-state index contributed by atoms with van der Waals surface area (Å²) in [7, 11) is 0. The Hall–Kier alpha value is -4.06. The number of hydrogen-bond acceptors (Lipinski definition) is 12. The number of benzene rings is 1. The lowest BCUT2D eigenvalue weighted by Gasteiger charge is -2.17. The summed E-state index contributed by atoms with van der Waals surface area (Å²) in [5, 5.41) is 74.5. The van der Waals surface area contributed by atoms with Crippen LogP contribution < -0.4 is 9.68 Å². The molecule has 18 heteroatoms. The molecule has 0 spiro atoms. The topological polar surface area (TPSA) is 229 Å². The quantitative estimate of drug-likeness (QED) is 0.202. The van der Waals surface area contributed by atoms with Crippen LogP contribution in [0.5, 0.6) is 11.5 Å². The zero-order valence-corrected chi connectivity index (χ0v) is 17.7. The van der Waals surface area contributed by atoms with Crippen LogP contribution in [0.2, 0.25) is 0 Å². The van der Waals surface area contributed by atoms with Gasteiger partial charge in [0.1, 0.15) is 18.2 Å². The van der Waals surface area contributed by atoms with Crippen molar-refractivity contribution in [2.45, 2.75) is 37.8 Å². The molecule has 0 amide bonds. The summed E-state index contributed by atoms with van der Waals surface area (Å²) in [6.07, 6.45) is 2.27. The third-order valence-corrected chi connectivity index (χ3v) is 5.41. The molecule has 1 aromatic carbocycles. The third-order valence-electron chi connectivity index (χ3n) is 5.41. The first-order valence-electron chi connectivity index (χ1n) is 10.2. The molecule has 2 fully saturated rings. The average molecular weight is 486 g/mol. The molecule has 2 saturated heterocycles. The molecule has 2 heterocycles. The summed E-state index contributed by atoms with van der Waals surface area (Å²) < 4.78 is 0. The van der Waals surface area contributed by atoms with Gasteiger partial charge in [0.25, 0.3) is 0 Å². The van der Waals surface area contributed by atoms with Crippen LogP contribution in [0.15, 0.2) is 22.7 Å². The molecule has 0 radical (unpaired) electrons. The summed E-state index contributed by atoms with van der Waals surface area (Å²) >= 11 is 0. The number of hydrogen-bond donors (Lipinski definition) is 2. The molecule has 18 nitrogen and oxygen atoms in total. The number of rotatable bonds is 10. The predicted octanol–water partition coefficient (Wildman–Crippen LogP) is 0.759. The van der Waals surface area contributed by atoms with E-state index < -0.39 is 44.8 Å². The second kappa shape index (κ2) is 10.7. The zero-order valence-electron chi connectivity index (χ0n) is 17.7. The monoisotopic (exact) mass is 486 g/mol. The largest absolute Gasteiger partial charge is 0.569 e. The van der Waals surface area contributed by atoms with E-state index in [0.717, 1.165) is 10.0 Å². The molecule has 0 bridgehead atoms. The summed E-state index contributed by atoms with van der Waals surface area (Å²) in [5.41, 5.74) is -1.79. The molecule has 1 aromatic rings. The highest BCUT2D eigenvalue weighted by Gasteiger charge is 2.33. The van der Waals surface area contributed by atoms with Crippen LogP contribution >= 0.6 is 0 Å². The van der Waals surface area contributed by atoms with Crippen LogP contribution in [0.4, 0.5) is 11.4 Å². The van der Waals surface area contributed by atoms with Gasteiger partial charge in [-0.05, 0) is 25.7 Å². The summed E-state index contributed by atoms with van der Waals surface area (Å²) in [6.45, 7) is -0.0970. The highest BCUT2D eigenvalue weighted by Crippen LogP contribution is 2.39. The van der Waals surface area contributed by atoms with Crippen LogP contribution in [-0.2, 0) is 0 Å². The van der Waals surface area contributed by atoms with Crippen molar-refractivity contribution >= 4 is 11.4 Å². The number of nitro groups is 2. The Bertz CT molecular complexity index is 916.